The van der Waals surface area contributed by atoms with Crippen molar-refractivity contribution >= 4 is 23.6 Å². The molecule has 0 unspecified atom stereocenters. The molecule has 0 heterocycles. The van der Waals surface area contributed by atoms with Crippen LogP contribution >= 0.6 is 11.8 Å². The lowest BCUT2D eigenvalue weighted by Gasteiger charge is -2.17. The van der Waals surface area contributed by atoms with Crippen molar-refractivity contribution in [3.63, 3.8) is 0 Å². The molecule has 0 saturated heterocycles. The summed E-state index contributed by atoms with van der Waals surface area (Å²) in [6.07, 6.45) is 1.01. The van der Waals surface area contributed by atoms with Crippen LogP contribution in [0.5, 0.6) is 0 Å². The summed E-state index contributed by atoms with van der Waals surface area (Å²) in [7, 11) is 0. The molecule has 0 bridgehead atoms. The van der Waals surface area contributed by atoms with Crippen LogP contribution in [0.3, 0.4) is 0 Å². The molecule has 2 amide bonds. The molecule has 4 nitrogen and oxygen atoms in total. The Balaban J connectivity index is 2.04. The molecule has 1 rings (SSSR count). The highest BCUT2D eigenvalue weighted by Crippen LogP contribution is 2.14. The van der Waals surface area contributed by atoms with Gasteiger partial charge in [-0.1, -0.05) is 39.0 Å². The van der Waals surface area contributed by atoms with Crippen LogP contribution in [-0.2, 0) is 15.3 Å². The second-order valence-corrected chi connectivity index (χ2v) is 7.71. The molecule has 0 spiro atoms. The molecule has 0 atom stereocenters. The standard InChI is InChI=1S/C18H27FN2O2S/c1-18(2,3)17(23)21-10-6-9-16(22)20-11-12-24-13-14-7-4-5-8-15(14)19/h4-5,7-8H,6,9-13H2,1-3H3,(H,20,22)(H,21,23). The van der Waals surface area contributed by atoms with Gasteiger partial charge in [-0.2, -0.15) is 11.8 Å². The molecule has 1 aromatic rings. The first-order valence-corrected chi connectivity index (χ1v) is 9.32. The Morgan fingerprint density at radius 1 is 1.12 bits per heavy atom. The Bertz CT molecular complexity index is 544. The fraction of sp³-hybridized carbons (Fsp3) is 0.556. The molecule has 0 saturated carbocycles. The average molecular weight is 354 g/mol. The average Bonchev–Trinajstić information content (AvgIpc) is 2.51. The van der Waals surface area contributed by atoms with Crippen molar-refractivity contribution in [2.45, 2.75) is 39.4 Å². The fourth-order valence-corrected chi connectivity index (χ4v) is 2.71. The molecule has 134 valence electrons. The molecular weight excluding hydrogens is 327 g/mol. The maximum absolute atomic E-state index is 13.4. The zero-order chi connectivity index (χ0) is 18.0. The van der Waals surface area contributed by atoms with Gasteiger partial charge in [0.25, 0.3) is 0 Å². The molecule has 0 fully saturated rings. The predicted molar refractivity (Wildman–Crippen MR) is 97.3 cm³/mol. The van der Waals surface area contributed by atoms with Gasteiger partial charge in [-0.25, -0.2) is 4.39 Å². The van der Waals surface area contributed by atoms with E-state index in [4.69, 9.17) is 0 Å². The topological polar surface area (TPSA) is 58.2 Å². The van der Waals surface area contributed by atoms with Crippen LogP contribution < -0.4 is 10.6 Å². The highest BCUT2D eigenvalue weighted by atomic mass is 32.2. The lowest BCUT2D eigenvalue weighted by atomic mass is 9.96. The maximum Gasteiger partial charge on any atom is 0.225 e. The Morgan fingerprint density at radius 3 is 2.50 bits per heavy atom. The molecule has 6 heteroatoms. The second kappa shape index (κ2) is 10.3. The van der Waals surface area contributed by atoms with Gasteiger partial charge >= 0.3 is 0 Å². The first kappa shape index (κ1) is 20.5. The Kier molecular flexibility index (Phi) is 8.82. The SMILES string of the molecule is CC(C)(C)C(=O)NCCCC(=O)NCCSCc1ccccc1F. The molecule has 0 aliphatic rings. The summed E-state index contributed by atoms with van der Waals surface area (Å²) in [5.74, 6) is 1.12. The first-order chi connectivity index (χ1) is 11.3. The van der Waals surface area contributed by atoms with E-state index in [0.29, 0.717) is 37.2 Å². The van der Waals surface area contributed by atoms with E-state index < -0.39 is 5.41 Å². The van der Waals surface area contributed by atoms with E-state index in [-0.39, 0.29) is 17.6 Å². The third kappa shape index (κ3) is 8.34. The second-order valence-electron chi connectivity index (χ2n) is 6.60. The number of rotatable bonds is 9. The molecule has 0 aliphatic carbocycles. The quantitative estimate of drug-likeness (QED) is 0.670. The van der Waals surface area contributed by atoms with Gasteiger partial charge in [0.15, 0.2) is 0 Å². The zero-order valence-electron chi connectivity index (χ0n) is 14.7. The zero-order valence-corrected chi connectivity index (χ0v) is 15.5. The molecule has 1 aromatic carbocycles. The van der Waals surface area contributed by atoms with Gasteiger partial charge in [-0.05, 0) is 18.1 Å². The third-order valence-electron chi connectivity index (χ3n) is 3.33. The van der Waals surface area contributed by atoms with Crippen LogP contribution in [-0.4, -0.2) is 30.7 Å². The maximum atomic E-state index is 13.4. The van der Waals surface area contributed by atoms with Crippen molar-refractivity contribution in [3.8, 4) is 0 Å². The van der Waals surface area contributed by atoms with E-state index in [1.54, 1.807) is 23.9 Å². The van der Waals surface area contributed by atoms with Crippen LogP contribution in [0.2, 0.25) is 0 Å². The van der Waals surface area contributed by atoms with Gasteiger partial charge in [0.2, 0.25) is 11.8 Å². The summed E-state index contributed by atoms with van der Waals surface area (Å²) in [6, 6.07) is 6.72. The van der Waals surface area contributed by atoms with Crippen LogP contribution in [0.15, 0.2) is 24.3 Å². The number of hydrogen-bond donors (Lipinski definition) is 2. The summed E-state index contributed by atoms with van der Waals surface area (Å²) < 4.78 is 13.4. The van der Waals surface area contributed by atoms with Crippen molar-refractivity contribution in [1.29, 1.82) is 0 Å². The third-order valence-corrected chi connectivity index (χ3v) is 4.34. The number of hydrogen-bond acceptors (Lipinski definition) is 3. The van der Waals surface area contributed by atoms with Crippen LogP contribution in [0.1, 0.15) is 39.2 Å². The number of halogens is 1. The predicted octanol–water partition coefficient (Wildman–Crippen LogP) is 3.12. The highest BCUT2D eigenvalue weighted by Gasteiger charge is 2.20. The Morgan fingerprint density at radius 2 is 1.83 bits per heavy atom. The van der Waals surface area contributed by atoms with E-state index >= 15 is 0 Å². The lowest BCUT2D eigenvalue weighted by molar-refractivity contribution is -0.128. The summed E-state index contributed by atoms with van der Waals surface area (Å²) >= 11 is 1.59. The summed E-state index contributed by atoms with van der Waals surface area (Å²) in [4.78, 5) is 23.3. The monoisotopic (exact) mass is 354 g/mol. The minimum Gasteiger partial charge on any atom is -0.356 e. The lowest BCUT2D eigenvalue weighted by Crippen LogP contribution is -2.35. The van der Waals surface area contributed by atoms with Gasteiger partial charge in [0.1, 0.15) is 5.82 Å². The summed E-state index contributed by atoms with van der Waals surface area (Å²) in [5.41, 5.74) is 0.279. The van der Waals surface area contributed by atoms with Crippen molar-refractivity contribution < 1.29 is 14.0 Å². The van der Waals surface area contributed by atoms with Crippen LogP contribution in [0.4, 0.5) is 4.39 Å². The molecule has 24 heavy (non-hydrogen) atoms. The van der Waals surface area contributed by atoms with Crippen LogP contribution in [0.25, 0.3) is 0 Å². The van der Waals surface area contributed by atoms with Crippen LogP contribution in [0, 0.1) is 11.2 Å². The van der Waals surface area contributed by atoms with E-state index in [1.165, 1.54) is 6.07 Å². The van der Waals surface area contributed by atoms with Gasteiger partial charge in [-0.3, -0.25) is 9.59 Å². The number of carbonyl (C=O) groups is 2. The highest BCUT2D eigenvalue weighted by molar-refractivity contribution is 7.98. The van der Waals surface area contributed by atoms with Gasteiger partial charge < -0.3 is 10.6 Å². The van der Waals surface area contributed by atoms with E-state index in [1.807, 2.05) is 26.8 Å². The van der Waals surface area contributed by atoms with Crippen molar-refractivity contribution in [1.82, 2.24) is 10.6 Å². The first-order valence-electron chi connectivity index (χ1n) is 8.17. The minimum atomic E-state index is -0.405. The van der Waals surface area contributed by atoms with Crippen molar-refractivity contribution in [3.05, 3.63) is 35.6 Å². The number of benzene rings is 1. The number of thioether (sulfide) groups is 1. The largest absolute Gasteiger partial charge is 0.356 e. The van der Waals surface area contributed by atoms with Gasteiger partial charge in [0, 0.05) is 36.4 Å². The summed E-state index contributed by atoms with van der Waals surface area (Å²) in [6.45, 7) is 6.63. The number of carbonyl (C=O) groups excluding carboxylic acids is 2. The molecule has 0 aromatic heterocycles. The minimum absolute atomic E-state index is 0.00699. The Hall–Kier alpha value is -1.56. The molecular formula is C18H27FN2O2S. The number of amides is 2. The van der Waals surface area contributed by atoms with E-state index in [0.717, 1.165) is 5.75 Å². The van der Waals surface area contributed by atoms with Gasteiger partial charge in [-0.15, -0.1) is 0 Å². The Labute approximate surface area is 148 Å². The normalized spacial score (nSPS) is 11.2. The molecule has 0 radical (unpaired) electrons. The molecule has 2 N–H and O–H groups in total. The van der Waals surface area contributed by atoms with E-state index in [9.17, 15) is 14.0 Å². The number of nitrogens with one attached hydrogen (secondary N) is 2. The molecule has 0 aliphatic heterocycles. The smallest absolute Gasteiger partial charge is 0.225 e. The fourth-order valence-electron chi connectivity index (χ4n) is 1.86. The summed E-state index contributed by atoms with van der Waals surface area (Å²) in [5, 5.41) is 5.65. The van der Waals surface area contributed by atoms with E-state index in [2.05, 4.69) is 10.6 Å². The van der Waals surface area contributed by atoms with Crippen molar-refractivity contribution in [2.75, 3.05) is 18.8 Å². The van der Waals surface area contributed by atoms with Crippen molar-refractivity contribution in [2.24, 2.45) is 5.41 Å². The van der Waals surface area contributed by atoms with Gasteiger partial charge in [0.05, 0.1) is 0 Å².